The second-order valence-corrected chi connectivity index (χ2v) is 5.68. The molecule has 0 spiro atoms. The Balaban J connectivity index is 2.31. The van der Waals surface area contributed by atoms with E-state index in [0.29, 0.717) is 11.3 Å². The number of amides is 1. The van der Waals surface area contributed by atoms with Crippen molar-refractivity contribution in [1.82, 2.24) is 10.2 Å². The number of aromatic amines is 1. The maximum Gasteiger partial charge on any atom is 0.259 e. The molecule has 1 aromatic carbocycles. The van der Waals surface area contributed by atoms with E-state index in [1.165, 1.54) is 6.20 Å². The van der Waals surface area contributed by atoms with E-state index in [1.807, 2.05) is 19.1 Å². The molecule has 2 rings (SSSR count). The molecule has 0 bridgehead atoms. The van der Waals surface area contributed by atoms with Crippen LogP contribution in [0.4, 0.5) is 5.69 Å². The molecular formula is C12H11Br2N3O. The lowest BCUT2D eigenvalue weighted by atomic mass is 10.2. The molecule has 94 valence electrons. The minimum absolute atomic E-state index is 0.188. The zero-order chi connectivity index (χ0) is 13.3. The third-order valence-electron chi connectivity index (χ3n) is 2.50. The van der Waals surface area contributed by atoms with Gasteiger partial charge in [-0.2, -0.15) is 5.10 Å². The molecule has 0 unspecified atom stereocenters. The van der Waals surface area contributed by atoms with Gasteiger partial charge in [-0.3, -0.25) is 9.89 Å². The van der Waals surface area contributed by atoms with Gasteiger partial charge in [-0.15, -0.1) is 0 Å². The van der Waals surface area contributed by atoms with Gasteiger partial charge in [-0.25, -0.2) is 0 Å². The first-order chi connectivity index (χ1) is 8.49. The van der Waals surface area contributed by atoms with E-state index in [1.54, 1.807) is 6.92 Å². The van der Waals surface area contributed by atoms with Crippen LogP contribution in [0.15, 0.2) is 27.3 Å². The largest absolute Gasteiger partial charge is 0.320 e. The van der Waals surface area contributed by atoms with Gasteiger partial charge in [0, 0.05) is 14.6 Å². The molecule has 2 N–H and O–H groups in total. The van der Waals surface area contributed by atoms with Crippen molar-refractivity contribution >= 4 is 43.5 Å². The highest BCUT2D eigenvalue weighted by Gasteiger charge is 2.14. The van der Waals surface area contributed by atoms with Crippen molar-refractivity contribution in [2.24, 2.45) is 0 Å². The van der Waals surface area contributed by atoms with Crippen LogP contribution in [0, 0.1) is 13.8 Å². The van der Waals surface area contributed by atoms with Crippen LogP contribution in [0.1, 0.15) is 21.6 Å². The Hall–Kier alpha value is -1.14. The molecule has 1 heterocycles. The average molecular weight is 373 g/mol. The maximum absolute atomic E-state index is 12.1. The normalized spacial score (nSPS) is 10.4. The number of anilines is 1. The van der Waals surface area contributed by atoms with Crippen LogP contribution in [0.2, 0.25) is 0 Å². The number of H-pyrrole nitrogens is 1. The van der Waals surface area contributed by atoms with Gasteiger partial charge < -0.3 is 5.32 Å². The number of nitrogens with one attached hydrogen (secondary N) is 2. The number of hydrogen-bond donors (Lipinski definition) is 2. The molecule has 2 aromatic rings. The number of benzene rings is 1. The molecular weight excluding hydrogens is 362 g/mol. The second kappa shape index (κ2) is 5.24. The summed E-state index contributed by atoms with van der Waals surface area (Å²) in [6.07, 6.45) is 1.51. The Kier molecular flexibility index (Phi) is 3.87. The Morgan fingerprint density at radius 3 is 2.39 bits per heavy atom. The first kappa shape index (κ1) is 13.3. The predicted molar refractivity (Wildman–Crippen MR) is 77.9 cm³/mol. The number of aryl methyl sites for hydroxylation is 2. The fourth-order valence-corrected chi connectivity index (χ4v) is 3.19. The van der Waals surface area contributed by atoms with Gasteiger partial charge in [0.1, 0.15) is 0 Å². The number of hydrogen-bond acceptors (Lipinski definition) is 2. The Labute approximate surface area is 121 Å². The summed E-state index contributed by atoms with van der Waals surface area (Å²) in [4.78, 5) is 12.1. The zero-order valence-corrected chi connectivity index (χ0v) is 13.0. The van der Waals surface area contributed by atoms with E-state index >= 15 is 0 Å². The smallest absolute Gasteiger partial charge is 0.259 e. The van der Waals surface area contributed by atoms with Crippen LogP contribution in [-0.4, -0.2) is 16.1 Å². The summed E-state index contributed by atoms with van der Waals surface area (Å²) in [5.41, 5.74) is 3.10. The first-order valence-electron chi connectivity index (χ1n) is 5.26. The molecule has 0 atom stereocenters. The molecule has 0 aliphatic heterocycles. The SMILES string of the molecule is Cc1cc(Br)c(NC(=O)c2cn[nH]c2C)c(Br)c1. The molecule has 6 heteroatoms. The lowest BCUT2D eigenvalue weighted by molar-refractivity contribution is 0.102. The van der Waals surface area contributed by atoms with Crippen molar-refractivity contribution in [2.75, 3.05) is 5.32 Å². The lowest BCUT2D eigenvalue weighted by Crippen LogP contribution is -2.13. The quantitative estimate of drug-likeness (QED) is 0.842. The number of halogens is 2. The van der Waals surface area contributed by atoms with E-state index in [9.17, 15) is 4.79 Å². The number of carbonyl (C=O) groups is 1. The summed E-state index contributed by atoms with van der Waals surface area (Å²) in [5, 5.41) is 9.43. The van der Waals surface area contributed by atoms with Gasteiger partial charge in [0.05, 0.1) is 17.4 Å². The minimum atomic E-state index is -0.188. The van der Waals surface area contributed by atoms with Gasteiger partial charge >= 0.3 is 0 Å². The van der Waals surface area contributed by atoms with Gasteiger partial charge in [-0.1, -0.05) is 0 Å². The summed E-state index contributed by atoms with van der Waals surface area (Å²) in [7, 11) is 0. The second-order valence-electron chi connectivity index (χ2n) is 3.97. The minimum Gasteiger partial charge on any atom is -0.320 e. The van der Waals surface area contributed by atoms with Gasteiger partial charge in [0.25, 0.3) is 5.91 Å². The van der Waals surface area contributed by atoms with Crippen molar-refractivity contribution in [3.63, 3.8) is 0 Å². The molecule has 0 saturated heterocycles. The number of carbonyl (C=O) groups excluding carboxylic acids is 1. The average Bonchev–Trinajstić information content (AvgIpc) is 2.69. The van der Waals surface area contributed by atoms with E-state index in [2.05, 4.69) is 47.4 Å². The van der Waals surface area contributed by atoms with Crippen LogP contribution in [-0.2, 0) is 0 Å². The number of aromatic nitrogens is 2. The monoisotopic (exact) mass is 371 g/mol. The third kappa shape index (κ3) is 2.64. The van der Waals surface area contributed by atoms with E-state index < -0.39 is 0 Å². The van der Waals surface area contributed by atoms with Crippen LogP contribution >= 0.6 is 31.9 Å². The van der Waals surface area contributed by atoms with Crippen molar-refractivity contribution in [3.05, 3.63) is 44.1 Å². The third-order valence-corrected chi connectivity index (χ3v) is 3.75. The van der Waals surface area contributed by atoms with Crippen molar-refractivity contribution in [1.29, 1.82) is 0 Å². The van der Waals surface area contributed by atoms with Gasteiger partial charge in [-0.05, 0) is 63.4 Å². The Morgan fingerprint density at radius 1 is 1.28 bits per heavy atom. The fourth-order valence-electron chi connectivity index (χ4n) is 1.58. The van der Waals surface area contributed by atoms with E-state index in [-0.39, 0.29) is 5.91 Å². The van der Waals surface area contributed by atoms with Crippen LogP contribution < -0.4 is 5.32 Å². The van der Waals surface area contributed by atoms with Gasteiger partial charge in [0.15, 0.2) is 0 Å². The Morgan fingerprint density at radius 2 is 1.89 bits per heavy atom. The molecule has 0 aliphatic carbocycles. The topological polar surface area (TPSA) is 57.8 Å². The molecule has 1 aromatic heterocycles. The molecule has 1 amide bonds. The molecule has 0 saturated carbocycles. The summed E-state index contributed by atoms with van der Waals surface area (Å²) >= 11 is 6.88. The number of rotatable bonds is 2. The van der Waals surface area contributed by atoms with E-state index in [0.717, 1.165) is 20.2 Å². The lowest BCUT2D eigenvalue weighted by Gasteiger charge is -2.10. The molecule has 0 radical (unpaired) electrons. The summed E-state index contributed by atoms with van der Waals surface area (Å²) in [5.74, 6) is -0.188. The highest BCUT2D eigenvalue weighted by Crippen LogP contribution is 2.32. The zero-order valence-electron chi connectivity index (χ0n) is 9.84. The highest BCUT2D eigenvalue weighted by atomic mass is 79.9. The standard InChI is InChI=1S/C12H11Br2N3O/c1-6-3-9(13)11(10(14)4-6)16-12(18)8-5-15-17-7(8)2/h3-5H,1-2H3,(H,15,17)(H,16,18). The van der Waals surface area contributed by atoms with Crippen LogP contribution in [0.5, 0.6) is 0 Å². The summed E-state index contributed by atoms with van der Waals surface area (Å²) in [6, 6.07) is 3.89. The van der Waals surface area contributed by atoms with Crippen LogP contribution in [0.3, 0.4) is 0 Å². The Bertz CT molecular complexity index is 584. The van der Waals surface area contributed by atoms with Crippen LogP contribution in [0.25, 0.3) is 0 Å². The highest BCUT2D eigenvalue weighted by molar-refractivity contribution is 9.11. The molecule has 0 fully saturated rings. The van der Waals surface area contributed by atoms with Crippen molar-refractivity contribution in [2.45, 2.75) is 13.8 Å². The van der Waals surface area contributed by atoms with Gasteiger partial charge in [0.2, 0.25) is 0 Å². The number of nitrogens with zero attached hydrogens (tertiary/aromatic N) is 1. The molecule has 4 nitrogen and oxygen atoms in total. The van der Waals surface area contributed by atoms with E-state index in [4.69, 9.17) is 0 Å². The summed E-state index contributed by atoms with van der Waals surface area (Å²) in [6.45, 7) is 3.79. The summed E-state index contributed by atoms with van der Waals surface area (Å²) < 4.78 is 1.67. The first-order valence-corrected chi connectivity index (χ1v) is 6.84. The fraction of sp³-hybridized carbons (Fsp3) is 0.167. The molecule has 18 heavy (non-hydrogen) atoms. The van der Waals surface area contributed by atoms with Crippen molar-refractivity contribution < 1.29 is 4.79 Å². The molecule has 0 aliphatic rings. The van der Waals surface area contributed by atoms with Crippen molar-refractivity contribution in [3.8, 4) is 0 Å². The predicted octanol–water partition coefficient (Wildman–Crippen LogP) is 3.80. The maximum atomic E-state index is 12.1.